The van der Waals surface area contributed by atoms with E-state index in [0.717, 1.165) is 10.7 Å². The van der Waals surface area contributed by atoms with Crippen LogP contribution in [0.4, 0.5) is 0 Å². The van der Waals surface area contributed by atoms with E-state index in [1.807, 2.05) is 0 Å². The first-order chi connectivity index (χ1) is 8.29. The van der Waals surface area contributed by atoms with Crippen LogP contribution in [0.1, 0.15) is 69.7 Å². The number of nitrogens with one attached hydrogen (secondary N) is 1. The van der Waals surface area contributed by atoms with Gasteiger partial charge in [0.05, 0.1) is 0 Å². The monoisotopic (exact) mass is 251 g/mol. The molecule has 0 aliphatic heterocycles. The average molecular weight is 251 g/mol. The highest BCUT2D eigenvalue weighted by atomic mass is 32.1. The third-order valence-corrected chi connectivity index (χ3v) is 4.66. The van der Waals surface area contributed by atoms with Gasteiger partial charge in [-0.15, -0.1) is 0 Å². The zero-order chi connectivity index (χ0) is 11.8. The van der Waals surface area contributed by atoms with E-state index >= 15 is 0 Å². The average Bonchev–Trinajstić information content (AvgIpc) is 3.13. The Bertz CT molecular complexity index is 444. The van der Waals surface area contributed by atoms with Gasteiger partial charge in [0.1, 0.15) is 5.82 Å². The molecule has 1 heterocycles. The van der Waals surface area contributed by atoms with Crippen molar-refractivity contribution >= 4 is 12.2 Å². The normalized spacial score (nSPS) is 29.5. The van der Waals surface area contributed by atoms with Crippen molar-refractivity contribution in [3.63, 3.8) is 0 Å². The van der Waals surface area contributed by atoms with Crippen LogP contribution in [0.25, 0.3) is 0 Å². The van der Waals surface area contributed by atoms with Crippen LogP contribution in [0.2, 0.25) is 0 Å². The van der Waals surface area contributed by atoms with Crippen molar-refractivity contribution in [1.29, 1.82) is 0 Å². The standard InChI is InChI=1S/C13H21N3S/c1-2-9-4-3-5-11(8-9)16-12(10-6-7-10)14-15-13(16)17/h9-11H,2-8H2,1H3,(H,15,17). The van der Waals surface area contributed by atoms with Crippen molar-refractivity contribution in [3.8, 4) is 0 Å². The van der Waals surface area contributed by atoms with E-state index in [9.17, 15) is 0 Å². The highest BCUT2D eigenvalue weighted by Crippen LogP contribution is 2.42. The van der Waals surface area contributed by atoms with Crippen molar-refractivity contribution < 1.29 is 0 Å². The summed E-state index contributed by atoms with van der Waals surface area (Å²) in [6, 6.07) is 0.607. The van der Waals surface area contributed by atoms with Gasteiger partial charge >= 0.3 is 0 Å². The van der Waals surface area contributed by atoms with Crippen molar-refractivity contribution in [3.05, 3.63) is 10.6 Å². The Kier molecular flexibility index (Phi) is 3.07. The van der Waals surface area contributed by atoms with E-state index in [0.29, 0.717) is 12.0 Å². The van der Waals surface area contributed by atoms with Crippen molar-refractivity contribution in [2.75, 3.05) is 0 Å². The summed E-state index contributed by atoms with van der Waals surface area (Å²) in [7, 11) is 0. The molecule has 2 aliphatic rings. The van der Waals surface area contributed by atoms with Gasteiger partial charge in [0.15, 0.2) is 4.77 Å². The van der Waals surface area contributed by atoms with Crippen LogP contribution >= 0.6 is 12.2 Å². The van der Waals surface area contributed by atoms with Gasteiger partial charge in [-0.1, -0.05) is 26.2 Å². The smallest absolute Gasteiger partial charge is 0.195 e. The topological polar surface area (TPSA) is 33.6 Å². The van der Waals surface area contributed by atoms with Crippen LogP contribution in [-0.4, -0.2) is 14.8 Å². The fourth-order valence-electron chi connectivity index (χ4n) is 3.17. The molecule has 17 heavy (non-hydrogen) atoms. The molecule has 0 saturated heterocycles. The molecular formula is C13H21N3S. The van der Waals surface area contributed by atoms with Gasteiger partial charge in [0.25, 0.3) is 0 Å². The molecular weight excluding hydrogens is 230 g/mol. The first-order valence-corrected chi connectivity index (χ1v) is 7.37. The van der Waals surface area contributed by atoms with Crippen LogP contribution in [0.3, 0.4) is 0 Å². The predicted molar refractivity (Wildman–Crippen MR) is 70.7 cm³/mol. The summed E-state index contributed by atoms with van der Waals surface area (Å²) in [5, 5.41) is 7.45. The minimum Gasteiger partial charge on any atom is -0.301 e. The predicted octanol–water partition coefficient (Wildman–Crippen LogP) is 3.96. The molecule has 2 saturated carbocycles. The molecule has 1 aromatic heterocycles. The van der Waals surface area contributed by atoms with Gasteiger partial charge in [-0.2, -0.15) is 5.10 Å². The fraction of sp³-hybridized carbons (Fsp3) is 0.846. The molecule has 0 spiro atoms. The highest BCUT2D eigenvalue weighted by molar-refractivity contribution is 7.71. The minimum atomic E-state index is 0.607. The molecule has 2 fully saturated rings. The Labute approximate surface area is 108 Å². The van der Waals surface area contributed by atoms with E-state index < -0.39 is 0 Å². The van der Waals surface area contributed by atoms with Crippen molar-refractivity contribution in [1.82, 2.24) is 14.8 Å². The summed E-state index contributed by atoms with van der Waals surface area (Å²) in [6.07, 6.45) is 9.22. The second-order valence-electron chi connectivity index (χ2n) is 5.63. The molecule has 94 valence electrons. The summed E-state index contributed by atoms with van der Waals surface area (Å²) >= 11 is 5.42. The van der Waals surface area contributed by atoms with Gasteiger partial charge < -0.3 is 4.57 Å². The number of hydrogen-bond acceptors (Lipinski definition) is 2. The molecule has 0 aromatic carbocycles. The van der Waals surface area contributed by atoms with E-state index in [2.05, 4.69) is 21.7 Å². The third-order valence-electron chi connectivity index (χ3n) is 4.37. The maximum Gasteiger partial charge on any atom is 0.195 e. The Morgan fingerprint density at radius 3 is 2.88 bits per heavy atom. The third kappa shape index (κ3) is 2.19. The number of hydrogen-bond donors (Lipinski definition) is 1. The van der Waals surface area contributed by atoms with Crippen molar-refractivity contribution in [2.45, 2.75) is 63.8 Å². The lowest BCUT2D eigenvalue weighted by Gasteiger charge is -2.30. The van der Waals surface area contributed by atoms with Crippen LogP contribution in [0.5, 0.6) is 0 Å². The summed E-state index contributed by atoms with van der Waals surface area (Å²) in [5.74, 6) is 2.80. The van der Waals surface area contributed by atoms with Gasteiger partial charge in [-0.3, -0.25) is 5.10 Å². The molecule has 1 aromatic rings. The minimum absolute atomic E-state index is 0.607. The van der Waals surface area contributed by atoms with Gasteiger partial charge in [0.2, 0.25) is 0 Å². The zero-order valence-electron chi connectivity index (χ0n) is 10.5. The molecule has 2 aliphatic carbocycles. The lowest BCUT2D eigenvalue weighted by Crippen LogP contribution is -2.20. The second kappa shape index (κ2) is 4.56. The molecule has 0 radical (unpaired) electrons. The number of H-pyrrole nitrogens is 1. The van der Waals surface area contributed by atoms with Crippen LogP contribution in [0.15, 0.2) is 0 Å². The van der Waals surface area contributed by atoms with Crippen LogP contribution < -0.4 is 0 Å². The molecule has 1 N–H and O–H groups in total. The molecule has 3 rings (SSSR count). The molecule has 2 unspecified atom stereocenters. The quantitative estimate of drug-likeness (QED) is 0.825. The Balaban J connectivity index is 1.87. The van der Waals surface area contributed by atoms with E-state index in [1.165, 1.54) is 50.8 Å². The Morgan fingerprint density at radius 2 is 2.18 bits per heavy atom. The maximum atomic E-state index is 5.42. The van der Waals surface area contributed by atoms with Gasteiger partial charge in [-0.05, 0) is 43.8 Å². The van der Waals surface area contributed by atoms with Gasteiger partial charge in [0, 0.05) is 12.0 Å². The molecule has 4 heteroatoms. The summed E-state index contributed by atoms with van der Waals surface area (Å²) in [5.41, 5.74) is 0. The fourth-order valence-corrected chi connectivity index (χ4v) is 3.46. The lowest BCUT2D eigenvalue weighted by molar-refractivity contribution is 0.256. The second-order valence-corrected chi connectivity index (χ2v) is 6.01. The van der Waals surface area contributed by atoms with Crippen LogP contribution in [0, 0.1) is 10.7 Å². The van der Waals surface area contributed by atoms with E-state index in [1.54, 1.807) is 0 Å². The molecule has 3 nitrogen and oxygen atoms in total. The highest BCUT2D eigenvalue weighted by Gasteiger charge is 2.32. The largest absolute Gasteiger partial charge is 0.301 e. The number of aromatic nitrogens is 3. The molecule has 0 bridgehead atoms. The first kappa shape index (κ1) is 11.5. The zero-order valence-corrected chi connectivity index (χ0v) is 11.3. The number of nitrogens with zero attached hydrogens (tertiary/aromatic N) is 2. The lowest BCUT2D eigenvalue weighted by atomic mass is 9.84. The summed E-state index contributed by atoms with van der Waals surface area (Å²) in [4.78, 5) is 0. The maximum absolute atomic E-state index is 5.42. The van der Waals surface area contributed by atoms with E-state index in [-0.39, 0.29) is 0 Å². The van der Waals surface area contributed by atoms with Gasteiger partial charge in [-0.25, -0.2) is 0 Å². The molecule has 2 atom stereocenters. The van der Waals surface area contributed by atoms with E-state index in [4.69, 9.17) is 12.2 Å². The Hall–Kier alpha value is -0.640. The SMILES string of the molecule is CCC1CCCC(n2c(C3CC3)n[nH]c2=S)C1. The Morgan fingerprint density at radius 1 is 1.35 bits per heavy atom. The first-order valence-electron chi connectivity index (χ1n) is 6.96. The molecule has 0 amide bonds. The summed E-state index contributed by atoms with van der Waals surface area (Å²) in [6.45, 7) is 2.31. The summed E-state index contributed by atoms with van der Waals surface area (Å²) < 4.78 is 3.18. The van der Waals surface area contributed by atoms with Crippen LogP contribution in [-0.2, 0) is 0 Å². The number of aromatic amines is 1. The van der Waals surface area contributed by atoms with Crippen molar-refractivity contribution in [2.24, 2.45) is 5.92 Å². The number of rotatable bonds is 3.